The fraction of sp³-hybridized carbons (Fsp3) is 0.588. The molecule has 1 aromatic carbocycles. The fourth-order valence-electron chi connectivity index (χ4n) is 3.98. The summed E-state index contributed by atoms with van der Waals surface area (Å²) in [6.45, 7) is 2.48. The van der Waals surface area contributed by atoms with E-state index >= 15 is 0 Å². The number of aryl methyl sites for hydroxylation is 1. The second kappa shape index (κ2) is 6.07. The normalized spacial score (nSPS) is 24.7. The molecular weight excluding hydrogens is 280 g/mol. The van der Waals surface area contributed by atoms with Gasteiger partial charge in [0.05, 0.1) is 4.92 Å². The average molecular weight is 302 g/mol. The molecule has 0 spiro atoms. The minimum absolute atomic E-state index is 0.0306. The van der Waals surface area contributed by atoms with E-state index in [0.717, 1.165) is 19.4 Å². The summed E-state index contributed by atoms with van der Waals surface area (Å²) in [6, 6.07) is 5.16. The summed E-state index contributed by atoms with van der Waals surface area (Å²) in [4.78, 5) is 25.5. The lowest BCUT2D eigenvalue weighted by Crippen LogP contribution is -2.49. The Balaban J connectivity index is 1.86. The highest BCUT2D eigenvalue weighted by molar-refractivity contribution is 5.95. The van der Waals surface area contributed by atoms with E-state index in [4.69, 9.17) is 0 Å². The molecule has 0 N–H and O–H groups in total. The fourth-order valence-corrected chi connectivity index (χ4v) is 3.98. The van der Waals surface area contributed by atoms with Gasteiger partial charge in [0.2, 0.25) is 0 Å². The first-order valence-electron chi connectivity index (χ1n) is 8.14. The maximum Gasteiger partial charge on any atom is 0.273 e. The molecule has 1 heterocycles. The molecule has 5 heteroatoms. The topological polar surface area (TPSA) is 63.5 Å². The molecule has 1 aliphatic carbocycles. The summed E-state index contributed by atoms with van der Waals surface area (Å²) in [6.07, 6.45) is 6.98. The van der Waals surface area contributed by atoms with Crippen molar-refractivity contribution in [1.82, 2.24) is 4.90 Å². The van der Waals surface area contributed by atoms with Crippen molar-refractivity contribution in [2.75, 3.05) is 6.54 Å². The molecule has 0 unspecified atom stereocenters. The summed E-state index contributed by atoms with van der Waals surface area (Å²) in [7, 11) is 0. The molecular formula is C17H22N2O3. The number of nitro groups is 1. The third-order valence-corrected chi connectivity index (χ3v) is 5.16. The Morgan fingerprint density at radius 3 is 2.73 bits per heavy atom. The highest BCUT2D eigenvalue weighted by atomic mass is 16.6. The zero-order valence-corrected chi connectivity index (χ0v) is 13.0. The molecule has 1 saturated heterocycles. The van der Waals surface area contributed by atoms with E-state index in [1.54, 1.807) is 19.1 Å². The Labute approximate surface area is 130 Å². The van der Waals surface area contributed by atoms with Crippen molar-refractivity contribution < 1.29 is 9.72 Å². The lowest BCUT2D eigenvalue weighted by Gasteiger charge is -2.44. The molecule has 0 aromatic heterocycles. The van der Waals surface area contributed by atoms with Gasteiger partial charge in [-0.25, -0.2) is 0 Å². The Kier molecular flexibility index (Phi) is 4.14. The Morgan fingerprint density at radius 2 is 1.95 bits per heavy atom. The second-order valence-electron chi connectivity index (χ2n) is 6.51. The number of likely N-dealkylation sites (tertiary alicyclic amines) is 1. The van der Waals surface area contributed by atoms with Crippen LogP contribution in [0.2, 0.25) is 0 Å². The number of nitro benzene ring substituents is 1. The van der Waals surface area contributed by atoms with Crippen LogP contribution in [-0.2, 0) is 0 Å². The molecule has 0 radical (unpaired) electrons. The molecule has 1 amide bonds. The number of amides is 1. The van der Waals surface area contributed by atoms with Crippen LogP contribution in [0.4, 0.5) is 5.69 Å². The Morgan fingerprint density at radius 1 is 1.23 bits per heavy atom. The Hall–Kier alpha value is -1.91. The van der Waals surface area contributed by atoms with Gasteiger partial charge in [-0.1, -0.05) is 18.9 Å². The molecule has 3 rings (SSSR count). The van der Waals surface area contributed by atoms with E-state index in [1.807, 2.05) is 4.90 Å². The molecule has 5 nitrogen and oxygen atoms in total. The summed E-state index contributed by atoms with van der Waals surface area (Å²) in [5, 5.41) is 11.1. The molecule has 2 fully saturated rings. The van der Waals surface area contributed by atoms with Gasteiger partial charge in [-0.15, -0.1) is 0 Å². The molecule has 22 heavy (non-hydrogen) atoms. The minimum Gasteiger partial charge on any atom is -0.335 e. The number of nitrogens with zero attached hydrogens (tertiary/aromatic N) is 2. The predicted molar refractivity (Wildman–Crippen MR) is 83.8 cm³/mol. The first-order chi connectivity index (χ1) is 10.6. The van der Waals surface area contributed by atoms with Gasteiger partial charge in [-0.3, -0.25) is 14.9 Å². The lowest BCUT2D eigenvalue weighted by molar-refractivity contribution is -0.385. The lowest BCUT2D eigenvalue weighted by atomic mass is 9.78. The molecule has 1 aromatic rings. The van der Waals surface area contributed by atoms with E-state index in [1.165, 1.54) is 31.7 Å². The van der Waals surface area contributed by atoms with Crippen LogP contribution in [0.1, 0.15) is 54.4 Å². The van der Waals surface area contributed by atoms with Crippen LogP contribution < -0.4 is 0 Å². The molecule has 2 atom stereocenters. The van der Waals surface area contributed by atoms with Crippen molar-refractivity contribution in [3.05, 3.63) is 39.4 Å². The van der Waals surface area contributed by atoms with E-state index in [-0.39, 0.29) is 11.6 Å². The van der Waals surface area contributed by atoms with Gasteiger partial charge in [0.1, 0.15) is 0 Å². The maximum absolute atomic E-state index is 12.8. The smallest absolute Gasteiger partial charge is 0.273 e. The van der Waals surface area contributed by atoms with Crippen LogP contribution in [0, 0.1) is 23.0 Å². The Bertz CT molecular complexity index is 598. The molecule has 2 aliphatic rings. The van der Waals surface area contributed by atoms with Crippen LogP contribution in [0.25, 0.3) is 0 Å². The number of benzene rings is 1. The monoisotopic (exact) mass is 302 g/mol. The summed E-state index contributed by atoms with van der Waals surface area (Å²) in [5.74, 6) is 0.576. The number of fused-ring (bicyclic) bond motifs is 1. The maximum atomic E-state index is 12.8. The van der Waals surface area contributed by atoms with Gasteiger partial charge in [-0.2, -0.15) is 0 Å². The number of hydrogen-bond donors (Lipinski definition) is 0. The molecule has 0 bridgehead atoms. The van der Waals surface area contributed by atoms with Gasteiger partial charge in [-0.05, 0) is 44.6 Å². The van der Waals surface area contributed by atoms with Crippen molar-refractivity contribution in [2.45, 2.75) is 51.5 Å². The van der Waals surface area contributed by atoms with Gasteiger partial charge < -0.3 is 4.90 Å². The molecule has 118 valence electrons. The summed E-state index contributed by atoms with van der Waals surface area (Å²) < 4.78 is 0. The number of rotatable bonds is 2. The van der Waals surface area contributed by atoms with Crippen LogP contribution in [0.15, 0.2) is 18.2 Å². The van der Waals surface area contributed by atoms with Gasteiger partial charge in [0.25, 0.3) is 11.6 Å². The summed E-state index contributed by atoms with van der Waals surface area (Å²) in [5.41, 5.74) is 1.07. The van der Waals surface area contributed by atoms with Gasteiger partial charge in [0, 0.05) is 29.8 Å². The third kappa shape index (κ3) is 2.72. The average Bonchev–Trinajstić information content (AvgIpc) is 2.54. The van der Waals surface area contributed by atoms with E-state index < -0.39 is 4.92 Å². The zero-order chi connectivity index (χ0) is 15.7. The minimum atomic E-state index is -0.411. The number of piperidine rings is 1. The molecule has 1 saturated carbocycles. The second-order valence-corrected chi connectivity index (χ2v) is 6.51. The first kappa shape index (κ1) is 15.0. The summed E-state index contributed by atoms with van der Waals surface area (Å²) >= 11 is 0. The number of carbonyl (C=O) groups is 1. The van der Waals surface area contributed by atoms with E-state index in [9.17, 15) is 14.9 Å². The zero-order valence-electron chi connectivity index (χ0n) is 13.0. The van der Waals surface area contributed by atoms with E-state index in [0.29, 0.717) is 23.1 Å². The van der Waals surface area contributed by atoms with Gasteiger partial charge >= 0.3 is 0 Å². The van der Waals surface area contributed by atoms with Crippen molar-refractivity contribution >= 4 is 11.6 Å². The van der Waals surface area contributed by atoms with Crippen LogP contribution in [0.5, 0.6) is 0 Å². The molecule has 1 aliphatic heterocycles. The first-order valence-corrected chi connectivity index (χ1v) is 8.14. The van der Waals surface area contributed by atoms with Crippen LogP contribution >= 0.6 is 0 Å². The predicted octanol–water partition coefficient (Wildman–Crippen LogP) is 3.70. The SMILES string of the molecule is Cc1ccc(C(=O)N2CCC[C@@H]3CCCC[C@H]32)cc1[N+](=O)[O-]. The highest BCUT2D eigenvalue weighted by Gasteiger charge is 2.36. The largest absolute Gasteiger partial charge is 0.335 e. The highest BCUT2D eigenvalue weighted by Crippen LogP contribution is 2.36. The van der Waals surface area contributed by atoms with Crippen molar-refractivity contribution in [3.63, 3.8) is 0 Å². The van der Waals surface area contributed by atoms with Crippen LogP contribution in [0.3, 0.4) is 0 Å². The third-order valence-electron chi connectivity index (χ3n) is 5.16. The standard InChI is InChI=1S/C17H22N2O3/c1-12-8-9-14(11-16(12)19(21)22)17(20)18-10-4-6-13-5-2-3-7-15(13)18/h8-9,11,13,15H,2-7,10H2,1H3/t13-,15+/m0/s1. The number of hydrogen-bond acceptors (Lipinski definition) is 3. The van der Waals surface area contributed by atoms with Gasteiger partial charge in [0.15, 0.2) is 0 Å². The number of carbonyl (C=O) groups excluding carboxylic acids is 1. The van der Waals surface area contributed by atoms with Crippen LogP contribution in [-0.4, -0.2) is 28.3 Å². The quantitative estimate of drug-likeness (QED) is 0.618. The van der Waals surface area contributed by atoms with Crippen molar-refractivity contribution in [1.29, 1.82) is 0 Å². The van der Waals surface area contributed by atoms with Crippen molar-refractivity contribution in [2.24, 2.45) is 5.92 Å². The van der Waals surface area contributed by atoms with Crippen molar-refractivity contribution in [3.8, 4) is 0 Å². The van der Waals surface area contributed by atoms with E-state index in [2.05, 4.69) is 0 Å².